The van der Waals surface area contributed by atoms with Gasteiger partial charge in [0.15, 0.2) is 17.1 Å². The second-order valence-corrected chi connectivity index (χ2v) is 7.74. The normalized spacial score (nSPS) is 11.2. The summed E-state index contributed by atoms with van der Waals surface area (Å²) in [5.41, 5.74) is 1.08. The summed E-state index contributed by atoms with van der Waals surface area (Å²) in [5.74, 6) is 0.431. The number of phenolic OH excluding ortho intramolecular Hbond substituents is 2. The molecule has 24 heavy (non-hydrogen) atoms. The van der Waals surface area contributed by atoms with Gasteiger partial charge in [-0.05, 0) is 72.1 Å². The number of aryl methyl sites for hydroxylation is 1. The summed E-state index contributed by atoms with van der Waals surface area (Å²) in [6.45, 7) is 1.93. The number of aromatic hydroxyl groups is 2. The molecule has 0 bridgehead atoms. The van der Waals surface area contributed by atoms with Crippen molar-refractivity contribution in [3.8, 4) is 11.5 Å². The number of carbonyl (C=O) groups excluding carboxylic acids is 1. The van der Waals surface area contributed by atoms with Crippen LogP contribution >= 0.6 is 47.8 Å². The van der Waals surface area contributed by atoms with Crippen molar-refractivity contribution in [1.82, 2.24) is 0 Å². The smallest absolute Gasteiger partial charge is 0.193 e. The van der Waals surface area contributed by atoms with Crippen LogP contribution in [0.15, 0.2) is 42.1 Å². The molecule has 2 aromatic carbocycles. The van der Waals surface area contributed by atoms with Crippen LogP contribution in [-0.2, 0) is 6.42 Å². The molecule has 0 radical (unpaired) electrons. The van der Waals surface area contributed by atoms with Gasteiger partial charge in [-0.25, -0.2) is 0 Å². The molecule has 0 aliphatic heterocycles. The highest BCUT2D eigenvalue weighted by Crippen LogP contribution is 2.39. The number of hydrogen-bond acceptors (Lipinski definition) is 4. The lowest BCUT2D eigenvalue weighted by Crippen LogP contribution is -2.02. The first kappa shape index (κ1) is 17.5. The van der Waals surface area contributed by atoms with Gasteiger partial charge in [0.2, 0.25) is 0 Å². The Hall–Kier alpha value is -1.31. The van der Waals surface area contributed by atoms with Crippen LogP contribution in [0, 0.1) is 0 Å². The highest BCUT2D eigenvalue weighted by molar-refractivity contribution is 9.11. The Kier molecular flexibility index (Phi) is 4.77. The summed E-state index contributed by atoms with van der Waals surface area (Å²) >= 11 is 9.72. The van der Waals surface area contributed by atoms with Crippen molar-refractivity contribution in [1.29, 1.82) is 0 Å². The van der Waals surface area contributed by atoms with E-state index in [0.717, 1.165) is 0 Å². The van der Waals surface area contributed by atoms with E-state index in [0.29, 0.717) is 42.1 Å². The van der Waals surface area contributed by atoms with Gasteiger partial charge in [-0.1, -0.05) is 6.92 Å². The van der Waals surface area contributed by atoms with Crippen LogP contribution in [0.3, 0.4) is 0 Å². The Bertz CT molecular complexity index is 953. The lowest BCUT2D eigenvalue weighted by Gasteiger charge is -2.08. The van der Waals surface area contributed by atoms with Gasteiger partial charge in [0.25, 0.3) is 0 Å². The SMILES string of the molecule is CCc1cc2c(C(=O)c3cc(Br)c(O)c(Br)c3)cc(Br)c(O)c2o1. The third kappa shape index (κ3) is 2.89. The molecule has 3 rings (SSSR count). The maximum atomic E-state index is 13.0. The number of fused-ring (bicyclic) bond motifs is 1. The Morgan fingerprint density at radius 3 is 2.17 bits per heavy atom. The molecule has 0 fully saturated rings. The van der Waals surface area contributed by atoms with Crippen molar-refractivity contribution in [2.75, 3.05) is 0 Å². The van der Waals surface area contributed by atoms with E-state index in [2.05, 4.69) is 47.8 Å². The zero-order valence-corrected chi connectivity index (χ0v) is 17.1. The number of phenols is 2. The molecule has 2 N–H and O–H groups in total. The first-order chi connectivity index (χ1) is 11.3. The number of ketones is 1. The van der Waals surface area contributed by atoms with E-state index < -0.39 is 0 Å². The zero-order valence-electron chi connectivity index (χ0n) is 12.4. The van der Waals surface area contributed by atoms with E-state index in [9.17, 15) is 15.0 Å². The first-order valence-corrected chi connectivity index (χ1v) is 9.38. The summed E-state index contributed by atoms with van der Waals surface area (Å²) in [6, 6.07) is 6.44. The minimum atomic E-state index is -0.245. The van der Waals surface area contributed by atoms with E-state index >= 15 is 0 Å². The van der Waals surface area contributed by atoms with Gasteiger partial charge in [0.05, 0.1) is 13.4 Å². The molecule has 4 nitrogen and oxygen atoms in total. The number of benzene rings is 2. The van der Waals surface area contributed by atoms with E-state index in [1.807, 2.05) is 6.92 Å². The molecule has 0 spiro atoms. The summed E-state index contributed by atoms with van der Waals surface area (Å²) in [4.78, 5) is 13.0. The topological polar surface area (TPSA) is 70.7 Å². The predicted octanol–water partition coefficient (Wildman–Crippen LogP) is 5.92. The van der Waals surface area contributed by atoms with Crippen LogP contribution in [0.5, 0.6) is 11.5 Å². The van der Waals surface area contributed by atoms with E-state index in [1.165, 1.54) is 0 Å². The minimum absolute atomic E-state index is 0.0279. The molecule has 0 saturated heterocycles. The van der Waals surface area contributed by atoms with Crippen molar-refractivity contribution in [3.63, 3.8) is 0 Å². The Morgan fingerprint density at radius 1 is 1.00 bits per heavy atom. The molecule has 0 aliphatic rings. The van der Waals surface area contributed by atoms with Crippen LogP contribution in [0.25, 0.3) is 11.0 Å². The highest BCUT2D eigenvalue weighted by Gasteiger charge is 2.21. The van der Waals surface area contributed by atoms with E-state index in [4.69, 9.17) is 4.42 Å². The van der Waals surface area contributed by atoms with Gasteiger partial charge in [0, 0.05) is 22.9 Å². The van der Waals surface area contributed by atoms with Gasteiger partial charge >= 0.3 is 0 Å². The molecule has 124 valence electrons. The fraction of sp³-hybridized carbons (Fsp3) is 0.118. The predicted molar refractivity (Wildman–Crippen MR) is 102 cm³/mol. The number of carbonyl (C=O) groups is 1. The second kappa shape index (κ2) is 6.54. The van der Waals surface area contributed by atoms with Crippen molar-refractivity contribution in [3.05, 3.63) is 54.6 Å². The van der Waals surface area contributed by atoms with Crippen molar-refractivity contribution in [2.45, 2.75) is 13.3 Å². The van der Waals surface area contributed by atoms with Crippen LogP contribution in [0.1, 0.15) is 28.6 Å². The Balaban J connectivity index is 2.24. The van der Waals surface area contributed by atoms with Crippen molar-refractivity contribution in [2.24, 2.45) is 0 Å². The molecule has 3 aromatic rings. The monoisotopic (exact) mass is 516 g/mol. The van der Waals surface area contributed by atoms with Gasteiger partial charge in [-0.15, -0.1) is 0 Å². The van der Waals surface area contributed by atoms with Gasteiger partial charge in [-0.2, -0.15) is 0 Å². The van der Waals surface area contributed by atoms with Crippen LogP contribution in [-0.4, -0.2) is 16.0 Å². The van der Waals surface area contributed by atoms with Crippen LogP contribution < -0.4 is 0 Å². The Labute approximate surface area is 162 Å². The molecule has 0 saturated carbocycles. The molecule has 0 amide bonds. The summed E-state index contributed by atoms with van der Waals surface area (Å²) in [6.07, 6.45) is 0.648. The fourth-order valence-corrected chi connectivity index (χ4v) is 4.01. The van der Waals surface area contributed by atoms with E-state index in [1.54, 1.807) is 24.3 Å². The maximum Gasteiger partial charge on any atom is 0.193 e. The largest absolute Gasteiger partial charge is 0.506 e. The highest BCUT2D eigenvalue weighted by atomic mass is 79.9. The molecule has 1 aromatic heterocycles. The number of hydrogen-bond donors (Lipinski definition) is 2. The average Bonchev–Trinajstić information content (AvgIpc) is 2.99. The summed E-state index contributed by atoms with van der Waals surface area (Å²) in [7, 11) is 0. The zero-order chi connectivity index (χ0) is 17.6. The van der Waals surface area contributed by atoms with E-state index in [-0.39, 0.29) is 22.9 Å². The third-order valence-electron chi connectivity index (χ3n) is 3.66. The summed E-state index contributed by atoms with van der Waals surface area (Å²) in [5, 5.41) is 20.5. The molecule has 1 heterocycles. The molecule has 0 unspecified atom stereocenters. The molecule has 0 aliphatic carbocycles. The minimum Gasteiger partial charge on any atom is -0.506 e. The maximum absolute atomic E-state index is 13.0. The van der Waals surface area contributed by atoms with Gasteiger partial charge < -0.3 is 14.6 Å². The van der Waals surface area contributed by atoms with Crippen LogP contribution in [0.2, 0.25) is 0 Å². The van der Waals surface area contributed by atoms with Gasteiger partial charge in [0.1, 0.15) is 11.5 Å². The number of halogens is 3. The van der Waals surface area contributed by atoms with Gasteiger partial charge in [-0.3, -0.25) is 4.79 Å². The lowest BCUT2D eigenvalue weighted by molar-refractivity contribution is 0.104. The average molecular weight is 519 g/mol. The molecule has 0 atom stereocenters. The summed E-state index contributed by atoms with van der Waals surface area (Å²) < 4.78 is 6.84. The second-order valence-electron chi connectivity index (χ2n) is 5.18. The standard InChI is InChI=1S/C17H11Br3O4/c1-2-8-5-10-9(6-13(20)16(23)17(10)24-8)14(21)7-3-11(18)15(22)12(19)4-7/h3-6,22-23H,2H2,1H3. The number of rotatable bonds is 3. The fourth-order valence-electron chi connectivity index (χ4n) is 2.41. The quantitative estimate of drug-likeness (QED) is 0.422. The first-order valence-electron chi connectivity index (χ1n) is 7.00. The molecular formula is C17H11Br3O4. The van der Waals surface area contributed by atoms with Crippen molar-refractivity contribution < 1.29 is 19.4 Å². The number of furan rings is 1. The van der Waals surface area contributed by atoms with Crippen LogP contribution in [0.4, 0.5) is 0 Å². The third-order valence-corrected chi connectivity index (χ3v) is 5.47. The van der Waals surface area contributed by atoms with Crippen molar-refractivity contribution >= 4 is 64.5 Å². The lowest BCUT2D eigenvalue weighted by atomic mass is 9.99. The molecular weight excluding hydrogens is 508 g/mol. The molecule has 7 heteroatoms. The Morgan fingerprint density at radius 2 is 1.58 bits per heavy atom.